The summed E-state index contributed by atoms with van der Waals surface area (Å²) in [6.07, 6.45) is 7.55. The van der Waals surface area contributed by atoms with Crippen molar-refractivity contribution in [3.05, 3.63) is 59.7 Å². The number of hydrogen-bond donors (Lipinski definition) is 2. The minimum Gasteiger partial charge on any atom is -0.404 e. The fraction of sp³-hybridized carbons (Fsp3) is 0.333. The number of nitrogens with zero attached hydrogens (tertiary/aromatic N) is 3. The van der Waals surface area contributed by atoms with Gasteiger partial charge in [0.15, 0.2) is 0 Å². The van der Waals surface area contributed by atoms with Crippen LogP contribution in [0.15, 0.2) is 47.7 Å². The van der Waals surface area contributed by atoms with Crippen LogP contribution in [-0.4, -0.2) is 36.6 Å². The minimum absolute atomic E-state index is 0.0375. The van der Waals surface area contributed by atoms with Crippen molar-refractivity contribution in [1.82, 2.24) is 4.98 Å². The molecule has 2 aliphatic rings. The zero-order valence-corrected chi connectivity index (χ0v) is 17.9. The highest BCUT2D eigenvalue weighted by atomic mass is 19.1. The number of halogens is 1. The highest BCUT2D eigenvalue weighted by Gasteiger charge is 2.42. The van der Waals surface area contributed by atoms with E-state index in [0.717, 1.165) is 24.9 Å². The third kappa shape index (κ3) is 4.85. The third-order valence-corrected chi connectivity index (χ3v) is 5.86. The molecule has 1 atom stereocenters. The lowest BCUT2D eigenvalue weighted by Gasteiger charge is -2.17. The molecule has 3 N–H and O–H groups in total. The highest BCUT2D eigenvalue weighted by Crippen LogP contribution is 2.43. The van der Waals surface area contributed by atoms with E-state index in [1.165, 1.54) is 24.5 Å². The first-order chi connectivity index (χ1) is 15.5. The number of pyridine rings is 1. The van der Waals surface area contributed by atoms with E-state index in [-0.39, 0.29) is 24.2 Å². The first-order valence-corrected chi connectivity index (χ1v) is 10.7. The Hall–Kier alpha value is -3.55. The van der Waals surface area contributed by atoms with Crippen molar-refractivity contribution in [1.29, 1.82) is 0 Å². The number of hydrogen-bond acceptors (Lipinski definition) is 5. The molecule has 1 aromatic carbocycles. The zero-order valence-electron chi connectivity index (χ0n) is 17.9. The quantitative estimate of drug-likeness (QED) is 0.653. The lowest BCUT2D eigenvalue weighted by atomic mass is 10.0. The molecule has 166 valence electrons. The largest absolute Gasteiger partial charge is 0.404 e. The fourth-order valence-corrected chi connectivity index (χ4v) is 4.19. The fourth-order valence-electron chi connectivity index (χ4n) is 4.19. The van der Waals surface area contributed by atoms with Gasteiger partial charge in [0, 0.05) is 55.4 Å². The predicted molar refractivity (Wildman–Crippen MR) is 123 cm³/mol. The molecule has 4 rings (SSSR count). The predicted octanol–water partition coefficient (Wildman–Crippen LogP) is 3.17. The van der Waals surface area contributed by atoms with Crippen LogP contribution in [0.2, 0.25) is 0 Å². The molecular weight excluding hydrogens is 409 g/mol. The Balaban J connectivity index is 1.44. The first kappa shape index (κ1) is 21.7. The summed E-state index contributed by atoms with van der Waals surface area (Å²) >= 11 is 0. The highest BCUT2D eigenvalue weighted by molar-refractivity contribution is 6.09. The summed E-state index contributed by atoms with van der Waals surface area (Å²) < 4.78 is 14.1. The van der Waals surface area contributed by atoms with E-state index in [0.29, 0.717) is 35.0 Å². The normalized spacial score (nSPS) is 19.1. The van der Waals surface area contributed by atoms with Crippen molar-refractivity contribution in [2.24, 2.45) is 22.6 Å². The Kier molecular flexibility index (Phi) is 6.30. The molecule has 0 spiro atoms. The monoisotopic (exact) mass is 435 g/mol. The number of allylic oxidation sites excluding steroid dienone is 1. The Morgan fingerprint density at radius 3 is 2.84 bits per heavy atom. The Morgan fingerprint density at radius 2 is 2.12 bits per heavy atom. The van der Waals surface area contributed by atoms with Crippen LogP contribution in [0.25, 0.3) is 5.57 Å². The van der Waals surface area contributed by atoms with Crippen molar-refractivity contribution >= 4 is 35.1 Å². The molecule has 8 heteroatoms. The molecule has 1 saturated carbocycles. The van der Waals surface area contributed by atoms with Gasteiger partial charge in [-0.3, -0.25) is 14.6 Å². The van der Waals surface area contributed by atoms with Gasteiger partial charge in [0.25, 0.3) is 0 Å². The number of aliphatic imine (C=N–C) groups is 1. The molecule has 1 aliphatic heterocycles. The summed E-state index contributed by atoms with van der Waals surface area (Å²) in [6, 6.07) is 7.83. The standard InChI is InChI=1S/C24H26FN5O2/c1-27-14-18(13-26)17-8-15(9-19(25)11-17)10-23(31)29-22-12-20(4-6-28-22)30-7-5-21(24(30)32)16-2-3-16/h4,6,8-9,11-14,16,21H,2-3,5,7,10,26H2,1H3,(H,28,29,31)/t21-/m0/s1. The summed E-state index contributed by atoms with van der Waals surface area (Å²) in [6.45, 7) is 0.682. The number of anilines is 2. The summed E-state index contributed by atoms with van der Waals surface area (Å²) in [7, 11) is 1.60. The molecular formula is C24H26FN5O2. The first-order valence-electron chi connectivity index (χ1n) is 10.7. The van der Waals surface area contributed by atoms with E-state index in [2.05, 4.69) is 15.3 Å². The van der Waals surface area contributed by atoms with Crippen molar-refractivity contribution in [2.45, 2.75) is 25.7 Å². The molecule has 7 nitrogen and oxygen atoms in total. The van der Waals surface area contributed by atoms with Crippen molar-refractivity contribution in [2.75, 3.05) is 23.8 Å². The third-order valence-electron chi connectivity index (χ3n) is 5.86. The van der Waals surface area contributed by atoms with Crippen molar-refractivity contribution < 1.29 is 14.0 Å². The zero-order chi connectivity index (χ0) is 22.7. The number of benzene rings is 1. The van der Waals surface area contributed by atoms with Crippen LogP contribution in [0.3, 0.4) is 0 Å². The number of aromatic nitrogens is 1. The summed E-state index contributed by atoms with van der Waals surface area (Å²) in [5.74, 6) is 0.357. The van der Waals surface area contributed by atoms with Gasteiger partial charge in [-0.2, -0.15) is 0 Å². The van der Waals surface area contributed by atoms with Crippen LogP contribution in [0.1, 0.15) is 30.4 Å². The maximum Gasteiger partial charge on any atom is 0.230 e. The molecule has 2 fully saturated rings. The SMILES string of the molecule is CN=CC(=CN)c1cc(F)cc(CC(=O)Nc2cc(N3CC[C@@H](C4CC4)C3=O)ccn2)c1. The molecule has 1 saturated heterocycles. The minimum atomic E-state index is -0.466. The molecule has 2 aromatic rings. The van der Waals surface area contributed by atoms with Gasteiger partial charge in [-0.05, 0) is 54.5 Å². The summed E-state index contributed by atoms with van der Waals surface area (Å²) in [5.41, 5.74) is 7.94. The van der Waals surface area contributed by atoms with E-state index in [4.69, 9.17) is 5.73 Å². The lowest BCUT2D eigenvalue weighted by Crippen LogP contribution is -2.27. The lowest BCUT2D eigenvalue weighted by molar-refractivity contribution is -0.121. The van der Waals surface area contributed by atoms with Crippen LogP contribution >= 0.6 is 0 Å². The maximum absolute atomic E-state index is 14.1. The Morgan fingerprint density at radius 1 is 1.31 bits per heavy atom. The number of amides is 2. The Labute approximate surface area is 186 Å². The number of nitrogens with one attached hydrogen (secondary N) is 1. The van der Waals surface area contributed by atoms with Crippen LogP contribution in [0.4, 0.5) is 15.9 Å². The number of carbonyl (C=O) groups excluding carboxylic acids is 2. The van der Waals surface area contributed by atoms with E-state index >= 15 is 0 Å². The topological polar surface area (TPSA) is 101 Å². The van der Waals surface area contributed by atoms with Crippen molar-refractivity contribution in [3.63, 3.8) is 0 Å². The van der Waals surface area contributed by atoms with Crippen LogP contribution < -0.4 is 16.0 Å². The second-order valence-corrected chi connectivity index (χ2v) is 8.20. The number of carbonyl (C=O) groups is 2. The van der Waals surface area contributed by atoms with Crippen LogP contribution in [0.5, 0.6) is 0 Å². The van der Waals surface area contributed by atoms with Gasteiger partial charge in [0.2, 0.25) is 11.8 Å². The molecule has 1 aromatic heterocycles. The van der Waals surface area contributed by atoms with Crippen molar-refractivity contribution in [3.8, 4) is 0 Å². The van der Waals surface area contributed by atoms with Gasteiger partial charge in [-0.15, -0.1) is 0 Å². The van der Waals surface area contributed by atoms with Gasteiger partial charge in [-0.1, -0.05) is 6.07 Å². The number of nitrogens with two attached hydrogens (primary N) is 1. The molecule has 2 amide bonds. The molecule has 2 heterocycles. The molecule has 1 aliphatic carbocycles. The van der Waals surface area contributed by atoms with E-state index in [9.17, 15) is 14.0 Å². The number of rotatable bonds is 7. The second-order valence-electron chi connectivity index (χ2n) is 8.20. The molecule has 0 unspecified atom stereocenters. The van der Waals surface area contributed by atoms with Gasteiger partial charge in [0.1, 0.15) is 11.6 Å². The summed E-state index contributed by atoms with van der Waals surface area (Å²) in [5, 5.41) is 2.75. The molecule has 0 bridgehead atoms. The maximum atomic E-state index is 14.1. The summed E-state index contributed by atoms with van der Waals surface area (Å²) in [4.78, 5) is 35.2. The van der Waals surface area contributed by atoms with Crippen LogP contribution in [0, 0.1) is 17.7 Å². The van der Waals surface area contributed by atoms with Gasteiger partial charge >= 0.3 is 0 Å². The molecule has 32 heavy (non-hydrogen) atoms. The van der Waals surface area contributed by atoms with E-state index in [1.54, 1.807) is 36.3 Å². The van der Waals surface area contributed by atoms with Gasteiger partial charge < -0.3 is 16.0 Å². The van der Waals surface area contributed by atoms with Gasteiger partial charge in [-0.25, -0.2) is 9.37 Å². The average Bonchev–Trinajstić information content (AvgIpc) is 3.53. The molecule has 0 radical (unpaired) electrons. The average molecular weight is 436 g/mol. The second kappa shape index (κ2) is 9.30. The van der Waals surface area contributed by atoms with E-state index < -0.39 is 5.82 Å². The smallest absolute Gasteiger partial charge is 0.230 e. The van der Waals surface area contributed by atoms with Crippen LogP contribution in [-0.2, 0) is 16.0 Å². The van der Waals surface area contributed by atoms with Gasteiger partial charge in [0.05, 0.1) is 6.42 Å². The van der Waals surface area contributed by atoms with E-state index in [1.807, 2.05) is 0 Å². The Bertz CT molecular complexity index is 1090.